The predicted molar refractivity (Wildman–Crippen MR) is 123 cm³/mol. The highest BCUT2D eigenvalue weighted by molar-refractivity contribution is 14.0. The lowest BCUT2D eigenvalue weighted by molar-refractivity contribution is 0.00232. The summed E-state index contributed by atoms with van der Waals surface area (Å²) in [7, 11) is 1.90. The van der Waals surface area contributed by atoms with E-state index in [4.69, 9.17) is 9.47 Å². The lowest BCUT2D eigenvalue weighted by Crippen LogP contribution is -2.54. The fraction of sp³-hybridized carbons (Fsp3) is 0.950. The van der Waals surface area contributed by atoms with E-state index in [1.54, 1.807) is 0 Å². The molecule has 2 rings (SSSR count). The summed E-state index contributed by atoms with van der Waals surface area (Å²) >= 11 is 0. The quantitative estimate of drug-likeness (QED) is 0.318. The van der Waals surface area contributed by atoms with Gasteiger partial charge in [0.2, 0.25) is 0 Å². The van der Waals surface area contributed by atoms with Crippen LogP contribution in [-0.4, -0.2) is 87.5 Å². The summed E-state index contributed by atoms with van der Waals surface area (Å²) in [4.78, 5) is 9.56. The molecular weight excluding hydrogens is 455 g/mol. The monoisotopic (exact) mass is 496 g/mol. The minimum absolute atomic E-state index is 0. The molecule has 2 aliphatic rings. The molecule has 1 unspecified atom stereocenters. The topological polar surface area (TPSA) is 49.3 Å². The molecule has 1 N–H and O–H groups in total. The maximum Gasteiger partial charge on any atom is 0.193 e. The summed E-state index contributed by atoms with van der Waals surface area (Å²) in [5.74, 6) is 1.76. The van der Waals surface area contributed by atoms with E-state index in [2.05, 4.69) is 40.9 Å². The lowest BCUT2D eigenvalue weighted by Gasteiger charge is -2.40. The van der Waals surface area contributed by atoms with Gasteiger partial charge in [-0.25, -0.2) is 0 Å². The fourth-order valence-corrected chi connectivity index (χ4v) is 4.33. The Morgan fingerprint density at radius 2 is 1.74 bits per heavy atom. The van der Waals surface area contributed by atoms with E-state index in [9.17, 15) is 0 Å². The van der Waals surface area contributed by atoms with E-state index < -0.39 is 0 Å². The molecule has 2 heterocycles. The van der Waals surface area contributed by atoms with Crippen molar-refractivity contribution in [3.05, 3.63) is 0 Å². The molecule has 0 aromatic heterocycles. The molecule has 2 saturated heterocycles. The fourth-order valence-electron chi connectivity index (χ4n) is 4.33. The number of morpholine rings is 1. The van der Waals surface area contributed by atoms with Crippen molar-refractivity contribution in [3.63, 3.8) is 0 Å². The number of aliphatic imine (C=N–C) groups is 1. The predicted octanol–water partition coefficient (Wildman–Crippen LogP) is 2.82. The first-order chi connectivity index (χ1) is 12.7. The molecule has 1 atom stereocenters. The number of nitrogens with zero attached hydrogens (tertiary/aromatic N) is 3. The third-order valence-corrected chi connectivity index (χ3v) is 5.93. The molecule has 0 amide bonds. The average Bonchev–Trinajstić information content (AvgIpc) is 2.69. The maximum atomic E-state index is 5.78. The van der Waals surface area contributed by atoms with Crippen LogP contribution in [0.3, 0.4) is 0 Å². The Hall–Kier alpha value is -0.120. The zero-order valence-corrected chi connectivity index (χ0v) is 20.1. The molecule has 0 bridgehead atoms. The van der Waals surface area contributed by atoms with Crippen LogP contribution in [0.2, 0.25) is 0 Å². The highest BCUT2D eigenvalue weighted by atomic mass is 127. The minimum atomic E-state index is 0. The largest absolute Gasteiger partial charge is 0.379 e. The van der Waals surface area contributed by atoms with E-state index in [0.29, 0.717) is 18.1 Å². The van der Waals surface area contributed by atoms with E-state index >= 15 is 0 Å². The summed E-state index contributed by atoms with van der Waals surface area (Å²) < 4.78 is 11.3. The van der Waals surface area contributed by atoms with E-state index in [1.165, 1.54) is 12.8 Å². The van der Waals surface area contributed by atoms with Crippen molar-refractivity contribution < 1.29 is 9.47 Å². The summed E-state index contributed by atoms with van der Waals surface area (Å²) in [6, 6.07) is 0.548. The van der Waals surface area contributed by atoms with Gasteiger partial charge in [0.05, 0.1) is 19.3 Å². The summed E-state index contributed by atoms with van der Waals surface area (Å²) in [6.07, 6.45) is 5.04. The maximum absolute atomic E-state index is 5.78. The van der Waals surface area contributed by atoms with E-state index in [0.717, 1.165) is 71.3 Å². The summed E-state index contributed by atoms with van der Waals surface area (Å²) in [5.41, 5.74) is 0. The number of ether oxygens (including phenoxy) is 2. The van der Waals surface area contributed by atoms with Crippen LogP contribution in [0.1, 0.15) is 46.5 Å². The van der Waals surface area contributed by atoms with Crippen LogP contribution in [0.5, 0.6) is 0 Å². The molecule has 160 valence electrons. The van der Waals surface area contributed by atoms with Gasteiger partial charge in [-0.2, -0.15) is 0 Å². The number of hydrogen-bond acceptors (Lipinski definition) is 4. The van der Waals surface area contributed by atoms with E-state index in [1.807, 2.05) is 7.05 Å². The first-order valence-electron chi connectivity index (χ1n) is 10.6. The molecule has 2 fully saturated rings. The van der Waals surface area contributed by atoms with Crippen LogP contribution in [0.15, 0.2) is 4.99 Å². The number of hydrogen-bond donors (Lipinski definition) is 1. The third kappa shape index (κ3) is 7.66. The molecule has 0 saturated carbocycles. The molecule has 2 aliphatic heterocycles. The summed E-state index contributed by atoms with van der Waals surface area (Å²) in [5, 5.41) is 3.69. The molecular formula is C20H41IN4O2. The van der Waals surface area contributed by atoms with Crippen molar-refractivity contribution in [1.29, 1.82) is 0 Å². The Balaban J connectivity index is 0.00000364. The average molecular weight is 496 g/mol. The van der Waals surface area contributed by atoms with Gasteiger partial charge in [-0.15, -0.1) is 24.0 Å². The van der Waals surface area contributed by atoms with Crippen molar-refractivity contribution in [3.8, 4) is 0 Å². The first kappa shape index (κ1) is 24.9. The van der Waals surface area contributed by atoms with Gasteiger partial charge >= 0.3 is 0 Å². The van der Waals surface area contributed by atoms with E-state index in [-0.39, 0.29) is 24.0 Å². The van der Waals surface area contributed by atoms with Gasteiger partial charge in [-0.1, -0.05) is 26.7 Å². The lowest BCUT2D eigenvalue weighted by atomic mass is 9.92. The summed E-state index contributed by atoms with van der Waals surface area (Å²) in [6.45, 7) is 14.3. The number of likely N-dealkylation sites (tertiary alicyclic amines) is 1. The second kappa shape index (κ2) is 14.0. The second-order valence-corrected chi connectivity index (χ2v) is 7.36. The molecule has 6 nitrogen and oxygen atoms in total. The minimum Gasteiger partial charge on any atom is -0.379 e. The van der Waals surface area contributed by atoms with Crippen LogP contribution < -0.4 is 5.32 Å². The van der Waals surface area contributed by atoms with Crippen LogP contribution in [0.4, 0.5) is 0 Å². The SMILES string of the molecule is CCOC1CCN(C(=NC)NCC(C(CC)CC)N2CCOCC2)CC1.I. The first-order valence-corrected chi connectivity index (χ1v) is 10.6. The molecule has 0 aromatic rings. The molecule has 0 aliphatic carbocycles. The molecule has 27 heavy (non-hydrogen) atoms. The molecule has 0 aromatic carbocycles. The second-order valence-electron chi connectivity index (χ2n) is 7.36. The Morgan fingerprint density at radius 1 is 1.11 bits per heavy atom. The van der Waals surface area contributed by atoms with Crippen molar-refractivity contribution in [1.82, 2.24) is 15.1 Å². The molecule has 0 spiro atoms. The Bertz CT molecular complexity index is 407. The zero-order valence-electron chi connectivity index (χ0n) is 17.8. The van der Waals surface area contributed by atoms with Crippen molar-refractivity contribution >= 4 is 29.9 Å². The highest BCUT2D eigenvalue weighted by Crippen LogP contribution is 2.20. The number of guanidine groups is 1. The Morgan fingerprint density at radius 3 is 2.26 bits per heavy atom. The number of nitrogens with one attached hydrogen (secondary N) is 1. The van der Waals surface area contributed by atoms with Gasteiger partial charge in [0, 0.05) is 52.4 Å². The highest BCUT2D eigenvalue weighted by Gasteiger charge is 2.28. The van der Waals surface area contributed by atoms with Crippen LogP contribution in [-0.2, 0) is 9.47 Å². The van der Waals surface area contributed by atoms with Gasteiger partial charge < -0.3 is 19.7 Å². The van der Waals surface area contributed by atoms with Gasteiger partial charge in [-0.05, 0) is 25.7 Å². The van der Waals surface area contributed by atoms with Crippen molar-refractivity contribution in [2.45, 2.75) is 58.6 Å². The van der Waals surface area contributed by atoms with Gasteiger partial charge in [-0.3, -0.25) is 9.89 Å². The molecule has 0 radical (unpaired) electrons. The normalized spacial score (nSPS) is 21.2. The number of halogens is 1. The van der Waals surface area contributed by atoms with Crippen molar-refractivity contribution in [2.24, 2.45) is 10.9 Å². The van der Waals surface area contributed by atoms with Gasteiger partial charge in [0.15, 0.2) is 5.96 Å². The van der Waals surface area contributed by atoms with Crippen LogP contribution >= 0.6 is 24.0 Å². The van der Waals surface area contributed by atoms with Gasteiger partial charge in [0.25, 0.3) is 0 Å². The number of piperidine rings is 1. The van der Waals surface area contributed by atoms with Gasteiger partial charge in [0.1, 0.15) is 0 Å². The van der Waals surface area contributed by atoms with Crippen LogP contribution in [0.25, 0.3) is 0 Å². The van der Waals surface area contributed by atoms with Crippen LogP contribution in [0, 0.1) is 5.92 Å². The Labute approximate surface area is 183 Å². The third-order valence-electron chi connectivity index (χ3n) is 5.93. The van der Waals surface area contributed by atoms with Crippen molar-refractivity contribution in [2.75, 3.05) is 59.6 Å². The molecule has 7 heteroatoms. The standard InChI is InChI=1S/C20H40N4O2.HI/c1-5-17(6-2)19(23-12-14-25-15-13-23)16-22-20(21-4)24-10-8-18(9-11-24)26-7-3;/h17-19H,5-16H2,1-4H3,(H,21,22);1H. The Kier molecular flexibility index (Phi) is 12.9. The smallest absolute Gasteiger partial charge is 0.193 e. The zero-order chi connectivity index (χ0) is 18.8. The number of rotatable bonds is 8.